The topological polar surface area (TPSA) is 138 Å². The van der Waals surface area contributed by atoms with Crippen LogP contribution in [-0.2, 0) is 34.9 Å². The molecule has 0 bridgehead atoms. The Bertz CT molecular complexity index is 1390. The smallest absolute Gasteiger partial charge is 0.261 e. The Morgan fingerprint density at radius 3 is 2.22 bits per heavy atom. The monoisotopic (exact) mass is 499 g/mol. The summed E-state index contributed by atoms with van der Waals surface area (Å²) in [6.07, 6.45) is 0.499. The maximum absolute atomic E-state index is 12.8. The van der Waals surface area contributed by atoms with Crippen molar-refractivity contribution < 1.29 is 30.0 Å². The van der Waals surface area contributed by atoms with Crippen LogP contribution in [0.1, 0.15) is 13.3 Å². The van der Waals surface area contributed by atoms with Crippen LogP contribution < -0.4 is 13.3 Å². The molecule has 0 aromatic heterocycles. The first-order valence-corrected chi connectivity index (χ1v) is 14.4. The summed E-state index contributed by atoms with van der Waals surface area (Å²) in [5.41, 5.74) is 0.615. The summed E-state index contributed by atoms with van der Waals surface area (Å²) in [6.45, 7) is 1.85. The van der Waals surface area contributed by atoms with E-state index in [1.807, 2.05) is 0 Å². The van der Waals surface area contributed by atoms with Crippen LogP contribution in [0.4, 0.5) is 17.1 Å². The van der Waals surface area contributed by atoms with Crippen LogP contribution in [0, 0.1) is 5.92 Å². The number of rotatable bonds is 5. The number of sulfonamides is 3. The van der Waals surface area contributed by atoms with Crippen LogP contribution in [0.25, 0.3) is 0 Å². The summed E-state index contributed by atoms with van der Waals surface area (Å²) >= 11 is 0. The summed E-state index contributed by atoms with van der Waals surface area (Å²) in [7, 11) is -11.2. The van der Waals surface area contributed by atoms with Gasteiger partial charge in [0.15, 0.2) is 0 Å². The van der Waals surface area contributed by atoms with E-state index >= 15 is 0 Å². The highest BCUT2D eigenvalue weighted by Crippen LogP contribution is 2.30. The van der Waals surface area contributed by atoms with Crippen molar-refractivity contribution in [2.75, 3.05) is 31.4 Å². The number of hydrogen-bond acceptors (Lipinski definition) is 7. The molecule has 32 heavy (non-hydrogen) atoms. The third-order valence-electron chi connectivity index (χ3n) is 5.23. The molecule has 0 unspecified atom stereocenters. The van der Waals surface area contributed by atoms with Crippen molar-refractivity contribution in [1.82, 2.24) is 0 Å². The molecule has 172 valence electrons. The fourth-order valence-corrected chi connectivity index (χ4v) is 8.14. The maximum Gasteiger partial charge on any atom is 0.261 e. The highest BCUT2D eigenvalue weighted by atomic mass is 32.2. The molecular formula is C19H21N3O7S3. The van der Waals surface area contributed by atoms with Gasteiger partial charge in [0.05, 0.1) is 39.4 Å². The van der Waals surface area contributed by atoms with Crippen molar-refractivity contribution in [3.05, 3.63) is 48.5 Å². The maximum atomic E-state index is 12.8. The molecule has 1 N–H and O–H groups in total. The van der Waals surface area contributed by atoms with Gasteiger partial charge in [-0.05, 0) is 48.9 Å². The number of hydrogen-bond donors (Lipinski definition) is 1. The predicted molar refractivity (Wildman–Crippen MR) is 120 cm³/mol. The number of carbonyl (C=O) groups is 1. The fourth-order valence-electron chi connectivity index (χ4n) is 3.72. The molecule has 1 atom stereocenters. The zero-order valence-corrected chi connectivity index (χ0v) is 19.5. The van der Waals surface area contributed by atoms with E-state index in [-0.39, 0.29) is 27.8 Å². The lowest BCUT2D eigenvalue weighted by Crippen LogP contribution is -2.30. The third kappa shape index (κ3) is 4.07. The molecule has 0 aliphatic carbocycles. The molecule has 10 nitrogen and oxygen atoms in total. The van der Waals surface area contributed by atoms with Gasteiger partial charge in [-0.25, -0.2) is 29.6 Å². The van der Waals surface area contributed by atoms with Gasteiger partial charge in [-0.2, -0.15) is 0 Å². The van der Waals surface area contributed by atoms with E-state index in [1.54, 1.807) is 12.1 Å². The summed E-state index contributed by atoms with van der Waals surface area (Å²) in [4.78, 5) is 12.1. The minimum atomic E-state index is -4.05. The molecule has 4 rings (SSSR count). The van der Waals surface area contributed by atoms with Crippen molar-refractivity contribution in [2.45, 2.75) is 18.2 Å². The second-order valence-electron chi connectivity index (χ2n) is 7.67. The molecule has 1 amide bonds. The van der Waals surface area contributed by atoms with Gasteiger partial charge in [0.1, 0.15) is 0 Å². The zero-order chi connectivity index (χ0) is 23.3. The zero-order valence-electron chi connectivity index (χ0n) is 17.0. The molecule has 2 aromatic rings. The Morgan fingerprint density at radius 2 is 1.66 bits per heavy atom. The number of nitrogens with zero attached hydrogens (tertiary/aromatic N) is 2. The lowest BCUT2D eigenvalue weighted by molar-refractivity contribution is -0.119. The third-order valence-corrected chi connectivity index (χ3v) is 10.4. The minimum Gasteiger partial charge on any atom is -0.280 e. The molecule has 0 saturated carbocycles. The van der Waals surface area contributed by atoms with Crippen LogP contribution in [0.5, 0.6) is 0 Å². The minimum absolute atomic E-state index is 0.0450. The predicted octanol–water partition coefficient (Wildman–Crippen LogP) is 1.34. The highest BCUT2D eigenvalue weighted by Gasteiger charge is 2.42. The molecule has 2 heterocycles. The largest absolute Gasteiger partial charge is 0.280 e. The van der Waals surface area contributed by atoms with Gasteiger partial charge in [-0.1, -0.05) is 13.0 Å². The lowest BCUT2D eigenvalue weighted by Gasteiger charge is -2.18. The summed E-state index contributed by atoms with van der Waals surface area (Å²) in [5, 5.41) is 0. The van der Waals surface area contributed by atoms with E-state index in [1.165, 1.54) is 47.6 Å². The van der Waals surface area contributed by atoms with Crippen LogP contribution in [0.2, 0.25) is 0 Å². The van der Waals surface area contributed by atoms with Crippen LogP contribution in [-0.4, -0.2) is 49.2 Å². The normalized spacial score (nSPS) is 22.3. The van der Waals surface area contributed by atoms with Crippen molar-refractivity contribution in [3.63, 3.8) is 0 Å². The van der Waals surface area contributed by atoms with Crippen molar-refractivity contribution >= 4 is 53.0 Å². The lowest BCUT2D eigenvalue weighted by atomic mass is 10.2. The van der Waals surface area contributed by atoms with Crippen molar-refractivity contribution in [3.8, 4) is 0 Å². The van der Waals surface area contributed by atoms with E-state index in [2.05, 4.69) is 4.72 Å². The molecule has 2 aliphatic rings. The first-order chi connectivity index (χ1) is 14.9. The first-order valence-electron chi connectivity index (χ1n) is 9.71. The molecule has 2 aliphatic heterocycles. The summed E-state index contributed by atoms with van der Waals surface area (Å²) < 4.78 is 78.6. The number of nitrogens with one attached hydrogen (secondary N) is 1. The molecule has 13 heteroatoms. The molecule has 0 spiro atoms. The van der Waals surface area contributed by atoms with E-state index < -0.39 is 41.9 Å². The summed E-state index contributed by atoms with van der Waals surface area (Å²) in [5.74, 6) is -1.48. The van der Waals surface area contributed by atoms with Gasteiger partial charge in [0.2, 0.25) is 26.0 Å². The number of benzene rings is 2. The van der Waals surface area contributed by atoms with Gasteiger partial charge in [0, 0.05) is 6.54 Å². The van der Waals surface area contributed by atoms with Crippen LogP contribution >= 0.6 is 0 Å². The van der Waals surface area contributed by atoms with Gasteiger partial charge in [0.25, 0.3) is 10.0 Å². The van der Waals surface area contributed by atoms with Gasteiger partial charge in [-0.3, -0.25) is 13.8 Å². The first kappa shape index (κ1) is 22.6. The standard InChI is InChI=1S/C19H21N3O7S3/c1-14-13-31(26,27)22(19(14)23)16-6-8-18(9-7-16)32(28,29)20-15-4-2-5-17(12-15)21-10-3-11-30(21,24)25/h2,4-9,12,14,20H,3,10-11,13H2,1H3/t14-/m1/s1. The van der Waals surface area contributed by atoms with Gasteiger partial charge in [-0.15, -0.1) is 0 Å². The Hall–Kier alpha value is -2.64. The van der Waals surface area contributed by atoms with E-state index in [4.69, 9.17) is 0 Å². The summed E-state index contributed by atoms with van der Waals surface area (Å²) in [6, 6.07) is 11.0. The van der Waals surface area contributed by atoms with Crippen LogP contribution in [0.15, 0.2) is 53.4 Å². The van der Waals surface area contributed by atoms with Crippen molar-refractivity contribution in [1.29, 1.82) is 0 Å². The number of amides is 1. The van der Waals surface area contributed by atoms with Gasteiger partial charge >= 0.3 is 0 Å². The molecule has 0 radical (unpaired) electrons. The highest BCUT2D eigenvalue weighted by molar-refractivity contribution is 7.94. The van der Waals surface area contributed by atoms with Gasteiger partial charge < -0.3 is 0 Å². The molecular weight excluding hydrogens is 478 g/mol. The van der Waals surface area contributed by atoms with E-state index in [0.29, 0.717) is 23.0 Å². The van der Waals surface area contributed by atoms with E-state index in [0.717, 1.165) is 0 Å². The average Bonchev–Trinajstić information content (AvgIpc) is 3.16. The van der Waals surface area contributed by atoms with E-state index in [9.17, 15) is 30.0 Å². The molecule has 2 aromatic carbocycles. The van der Waals surface area contributed by atoms with Crippen LogP contribution in [0.3, 0.4) is 0 Å². The SMILES string of the molecule is C[C@@H]1CS(=O)(=O)N(c2ccc(S(=O)(=O)Nc3cccc(N4CCCS4(=O)=O)c3)cc2)C1=O. The molecule has 2 saturated heterocycles. The number of carbonyl (C=O) groups excluding carboxylic acids is 1. The Morgan fingerprint density at radius 1 is 0.969 bits per heavy atom. The Labute approximate surface area is 187 Å². The van der Waals surface area contributed by atoms with Crippen molar-refractivity contribution in [2.24, 2.45) is 5.92 Å². The second-order valence-corrected chi connectivity index (χ2v) is 13.2. The Balaban J connectivity index is 1.58. The number of anilines is 3. The average molecular weight is 500 g/mol. The fraction of sp³-hybridized carbons (Fsp3) is 0.316. The molecule has 2 fully saturated rings. The quantitative estimate of drug-likeness (QED) is 0.655. The second kappa shape index (κ2) is 7.74. The Kier molecular flexibility index (Phi) is 5.46.